The lowest BCUT2D eigenvalue weighted by Gasteiger charge is -2.17. The van der Waals surface area contributed by atoms with Crippen molar-refractivity contribution >= 4 is 0 Å². The molecule has 1 atom stereocenters. The molecule has 0 heterocycles. The van der Waals surface area contributed by atoms with Gasteiger partial charge in [0.15, 0.2) is 0 Å². The average molecular weight is 236 g/mol. The Morgan fingerprint density at radius 1 is 1.24 bits per heavy atom. The molecular formula is C14H24N2O. The highest BCUT2D eigenvalue weighted by molar-refractivity contribution is 5.20. The zero-order chi connectivity index (χ0) is 12.5. The van der Waals surface area contributed by atoms with Gasteiger partial charge in [0.25, 0.3) is 0 Å². The maximum Gasteiger partial charge on any atom is 0.119 e. The smallest absolute Gasteiger partial charge is 0.119 e. The summed E-state index contributed by atoms with van der Waals surface area (Å²) in [4.78, 5) is 2.30. The maximum atomic E-state index is 5.72. The second-order valence-electron chi connectivity index (χ2n) is 4.58. The Morgan fingerprint density at radius 3 is 2.59 bits per heavy atom. The van der Waals surface area contributed by atoms with Crippen LogP contribution in [0.3, 0.4) is 0 Å². The Kier molecular flexibility index (Phi) is 6.67. The molecule has 2 N–H and O–H groups in total. The fourth-order valence-corrected chi connectivity index (χ4v) is 1.58. The van der Waals surface area contributed by atoms with Gasteiger partial charge in [0.05, 0.1) is 6.61 Å². The van der Waals surface area contributed by atoms with Crippen LogP contribution in [0.2, 0.25) is 0 Å². The molecule has 1 unspecified atom stereocenters. The van der Waals surface area contributed by atoms with E-state index in [0.717, 1.165) is 38.3 Å². The number of nitrogens with two attached hydrogens (primary N) is 1. The summed E-state index contributed by atoms with van der Waals surface area (Å²) in [5.41, 5.74) is 5.72. The first kappa shape index (κ1) is 14.0. The Labute approximate surface area is 105 Å². The van der Waals surface area contributed by atoms with E-state index in [-0.39, 0.29) is 6.04 Å². The van der Waals surface area contributed by atoms with Gasteiger partial charge >= 0.3 is 0 Å². The molecule has 3 nitrogen and oxygen atoms in total. The molecule has 0 aliphatic carbocycles. The van der Waals surface area contributed by atoms with Gasteiger partial charge < -0.3 is 15.4 Å². The van der Waals surface area contributed by atoms with Crippen LogP contribution >= 0.6 is 0 Å². The van der Waals surface area contributed by atoms with E-state index in [0.29, 0.717) is 0 Å². The number of nitrogens with zero attached hydrogens (tertiary/aromatic N) is 1. The molecular weight excluding hydrogens is 212 g/mol. The van der Waals surface area contributed by atoms with Gasteiger partial charge in [0, 0.05) is 12.6 Å². The Morgan fingerprint density at radius 2 is 1.94 bits per heavy atom. The number of hydrogen-bond acceptors (Lipinski definition) is 3. The van der Waals surface area contributed by atoms with Gasteiger partial charge in [0.1, 0.15) is 5.75 Å². The summed E-state index contributed by atoms with van der Waals surface area (Å²) in [6.45, 7) is 4.93. The van der Waals surface area contributed by atoms with Gasteiger partial charge in [-0.3, -0.25) is 0 Å². The van der Waals surface area contributed by atoms with E-state index >= 15 is 0 Å². The first-order valence-corrected chi connectivity index (χ1v) is 6.30. The van der Waals surface area contributed by atoms with Crippen molar-refractivity contribution in [2.75, 3.05) is 26.7 Å². The van der Waals surface area contributed by atoms with Crippen molar-refractivity contribution in [3.8, 4) is 5.75 Å². The van der Waals surface area contributed by atoms with Crippen molar-refractivity contribution in [3.05, 3.63) is 30.3 Å². The Bertz CT molecular complexity index is 288. The van der Waals surface area contributed by atoms with Gasteiger partial charge in [-0.05, 0) is 45.5 Å². The molecule has 0 spiro atoms. The number of para-hydroxylation sites is 1. The summed E-state index contributed by atoms with van der Waals surface area (Å²) >= 11 is 0. The van der Waals surface area contributed by atoms with Gasteiger partial charge in [-0.1, -0.05) is 18.2 Å². The number of hydrogen-bond donors (Lipinski definition) is 1. The highest BCUT2D eigenvalue weighted by Crippen LogP contribution is 2.08. The van der Waals surface area contributed by atoms with Gasteiger partial charge in [-0.15, -0.1) is 0 Å². The van der Waals surface area contributed by atoms with Crippen LogP contribution in [0.5, 0.6) is 5.75 Å². The average Bonchev–Trinajstić information content (AvgIpc) is 2.33. The minimum Gasteiger partial charge on any atom is -0.494 e. The Hall–Kier alpha value is -1.06. The predicted molar refractivity (Wildman–Crippen MR) is 72.3 cm³/mol. The van der Waals surface area contributed by atoms with Crippen LogP contribution in [0.15, 0.2) is 30.3 Å². The van der Waals surface area contributed by atoms with E-state index in [4.69, 9.17) is 10.5 Å². The second kappa shape index (κ2) is 8.09. The van der Waals surface area contributed by atoms with Crippen LogP contribution in [0, 0.1) is 0 Å². The van der Waals surface area contributed by atoms with Crippen molar-refractivity contribution < 1.29 is 4.74 Å². The summed E-state index contributed by atoms with van der Waals surface area (Å²) in [7, 11) is 2.13. The third-order valence-corrected chi connectivity index (χ3v) is 2.66. The predicted octanol–water partition coefficient (Wildman–Crippen LogP) is 2.12. The summed E-state index contributed by atoms with van der Waals surface area (Å²) in [6, 6.07) is 10.2. The first-order chi connectivity index (χ1) is 8.18. The fraction of sp³-hybridized carbons (Fsp3) is 0.571. The zero-order valence-corrected chi connectivity index (χ0v) is 10.9. The van der Waals surface area contributed by atoms with Crippen LogP contribution in [0.25, 0.3) is 0 Å². The molecule has 0 saturated heterocycles. The van der Waals surface area contributed by atoms with E-state index in [1.54, 1.807) is 0 Å². The molecule has 1 aromatic rings. The van der Waals surface area contributed by atoms with Crippen LogP contribution in [-0.2, 0) is 0 Å². The van der Waals surface area contributed by atoms with Crippen LogP contribution in [-0.4, -0.2) is 37.7 Å². The molecule has 17 heavy (non-hydrogen) atoms. The molecule has 1 rings (SSSR count). The standard InChI is InChI=1S/C14H24N2O/c1-13(15)9-11-16(2)10-6-12-17-14-7-4-3-5-8-14/h3-5,7-8,13H,6,9-12,15H2,1-2H3. The van der Waals surface area contributed by atoms with E-state index in [1.165, 1.54) is 0 Å². The van der Waals surface area contributed by atoms with Gasteiger partial charge in [-0.2, -0.15) is 0 Å². The second-order valence-corrected chi connectivity index (χ2v) is 4.58. The lowest BCUT2D eigenvalue weighted by Crippen LogP contribution is -2.27. The molecule has 0 aromatic heterocycles. The van der Waals surface area contributed by atoms with Crippen molar-refractivity contribution in [1.82, 2.24) is 4.90 Å². The Balaban J connectivity index is 2.04. The lowest BCUT2D eigenvalue weighted by molar-refractivity contribution is 0.258. The molecule has 96 valence electrons. The zero-order valence-electron chi connectivity index (χ0n) is 10.9. The fourth-order valence-electron chi connectivity index (χ4n) is 1.58. The lowest BCUT2D eigenvalue weighted by atomic mass is 10.2. The maximum absolute atomic E-state index is 5.72. The summed E-state index contributed by atoms with van der Waals surface area (Å²) in [6.07, 6.45) is 2.10. The quantitative estimate of drug-likeness (QED) is 0.703. The highest BCUT2D eigenvalue weighted by atomic mass is 16.5. The topological polar surface area (TPSA) is 38.5 Å². The summed E-state index contributed by atoms with van der Waals surface area (Å²) in [5.74, 6) is 0.950. The van der Waals surface area contributed by atoms with Crippen molar-refractivity contribution in [2.24, 2.45) is 5.73 Å². The van der Waals surface area contributed by atoms with Gasteiger partial charge in [0.2, 0.25) is 0 Å². The SMILES string of the molecule is CC(N)CCN(C)CCCOc1ccccc1. The molecule has 0 radical (unpaired) electrons. The number of rotatable bonds is 8. The van der Waals surface area contributed by atoms with E-state index < -0.39 is 0 Å². The van der Waals surface area contributed by atoms with E-state index in [2.05, 4.69) is 11.9 Å². The summed E-state index contributed by atoms with van der Waals surface area (Å²) in [5, 5.41) is 0. The minimum atomic E-state index is 0.290. The molecule has 0 bridgehead atoms. The molecule has 0 amide bonds. The van der Waals surface area contributed by atoms with Crippen molar-refractivity contribution in [3.63, 3.8) is 0 Å². The third kappa shape index (κ3) is 6.97. The monoisotopic (exact) mass is 236 g/mol. The van der Waals surface area contributed by atoms with Crippen molar-refractivity contribution in [1.29, 1.82) is 0 Å². The molecule has 0 saturated carbocycles. The normalized spacial score (nSPS) is 12.7. The van der Waals surface area contributed by atoms with E-state index in [9.17, 15) is 0 Å². The molecule has 0 aliphatic heterocycles. The van der Waals surface area contributed by atoms with Crippen LogP contribution in [0.1, 0.15) is 19.8 Å². The third-order valence-electron chi connectivity index (χ3n) is 2.66. The minimum absolute atomic E-state index is 0.290. The van der Waals surface area contributed by atoms with Gasteiger partial charge in [-0.25, -0.2) is 0 Å². The molecule has 1 aromatic carbocycles. The molecule has 0 fully saturated rings. The first-order valence-electron chi connectivity index (χ1n) is 6.30. The van der Waals surface area contributed by atoms with Crippen LogP contribution in [0.4, 0.5) is 0 Å². The van der Waals surface area contributed by atoms with Crippen molar-refractivity contribution in [2.45, 2.75) is 25.8 Å². The molecule has 0 aliphatic rings. The number of ether oxygens (including phenoxy) is 1. The molecule has 3 heteroatoms. The largest absolute Gasteiger partial charge is 0.494 e. The summed E-state index contributed by atoms with van der Waals surface area (Å²) < 4.78 is 5.63. The number of benzene rings is 1. The van der Waals surface area contributed by atoms with E-state index in [1.807, 2.05) is 37.3 Å². The highest BCUT2D eigenvalue weighted by Gasteiger charge is 2.00. The van der Waals surface area contributed by atoms with Crippen LogP contribution < -0.4 is 10.5 Å².